The monoisotopic (exact) mass is 376 g/mol. The summed E-state index contributed by atoms with van der Waals surface area (Å²) >= 11 is 0. The summed E-state index contributed by atoms with van der Waals surface area (Å²) in [5.74, 6) is -0.341. The molecule has 10 heteroatoms. The first-order valence-corrected chi connectivity index (χ1v) is 8.71. The molecule has 2 aromatic heterocycles. The highest BCUT2D eigenvalue weighted by atomic mass is 16.5. The van der Waals surface area contributed by atoms with E-state index in [0.29, 0.717) is 30.8 Å². The van der Waals surface area contributed by atoms with E-state index in [1.165, 1.54) is 6.33 Å². The van der Waals surface area contributed by atoms with E-state index < -0.39 is 5.56 Å². The molecule has 3 heterocycles. The SMILES string of the molecule is C=C(CC)C(=O)Nc1nc2c(ncn2[C@H]2CN(C)C[C@@H](COC)O2)c(=O)[nH]1. The van der Waals surface area contributed by atoms with Crippen molar-refractivity contribution in [2.75, 3.05) is 39.2 Å². The van der Waals surface area contributed by atoms with Crippen LogP contribution in [0.4, 0.5) is 5.95 Å². The molecule has 0 unspecified atom stereocenters. The van der Waals surface area contributed by atoms with Crippen molar-refractivity contribution in [2.24, 2.45) is 0 Å². The van der Waals surface area contributed by atoms with E-state index in [9.17, 15) is 9.59 Å². The van der Waals surface area contributed by atoms with E-state index in [2.05, 4.69) is 31.7 Å². The number of H-pyrrole nitrogens is 1. The summed E-state index contributed by atoms with van der Waals surface area (Å²) in [5.41, 5.74) is 0.481. The van der Waals surface area contributed by atoms with Gasteiger partial charge in [0.15, 0.2) is 11.2 Å². The van der Waals surface area contributed by atoms with Gasteiger partial charge in [0.25, 0.3) is 11.5 Å². The number of ether oxygens (including phenoxy) is 2. The third-order valence-corrected chi connectivity index (χ3v) is 4.41. The maximum atomic E-state index is 12.3. The van der Waals surface area contributed by atoms with Crippen molar-refractivity contribution in [1.82, 2.24) is 24.4 Å². The fourth-order valence-corrected chi connectivity index (χ4v) is 2.98. The Morgan fingerprint density at radius 3 is 3.00 bits per heavy atom. The number of nitrogens with one attached hydrogen (secondary N) is 2. The number of anilines is 1. The summed E-state index contributed by atoms with van der Waals surface area (Å²) in [4.78, 5) is 37.5. The minimum absolute atomic E-state index is 0.0476. The van der Waals surface area contributed by atoms with Crippen LogP contribution in [0.15, 0.2) is 23.3 Å². The third-order valence-electron chi connectivity index (χ3n) is 4.41. The summed E-state index contributed by atoms with van der Waals surface area (Å²) in [5, 5.41) is 2.57. The predicted octanol–water partition coefficient (Wildman–Crippen LogP) is 0.500. The van der Waals surface area contributed by atoms with Gasteiger partial charge in [-0.05, 0) is 13.5 Å². The average molecular weight is 376 g/mol. The summed E-state index contributed by atoms with van der Waals surface area (Å²) < 4.78 is 13.0. The molecule has 0 bridgehead atoms. The van der Waals surface area contributed by atoms with Gasteiger partial charge < -0.3 is 9.47 Å². The number of hydrogen-bond donors (Lipinski definition) is 2. The molecule has 146 valence electrons. The summed E-state index contributed by atoms with van der Waals surface area (Å²) in [6, 6.07) is 0. The molecule has 0 aliphatic carbocycles. The quantitative estimate of drug-likeness (QED) is 0.706. The van der Waals surface area contributed by atoms with Crippen molar-refractivity contribution in [2.45, 2.75) is 25.7 Å². The second-order valence-corrected chi connectivity index (χ2v) is 6.54. The van der Waals surface area contributed by atoms with Gasteiger partial charge in [-0.1, -0.05) is 13.5 Å². The highest BCUT2D eigenvalue weighted by Gasteiger charge is 2.28. The first kappa shape index (κ1) is 19.2. The topological polar surface area (TPSA) is 114 Å². The predicted molar refractivity (Wildman–Crippen MR) is 99.5 cm³/mol. The molecule has 1 aliphatic heterocycles. The Morgan fingerprint density at radius 1 is 1.52 bits per heavy atom. The Labute approximate surface area is 156 Å². The number of morpholine rings is 1. The number of fused-ring (bicyclic) bond motifs is 1. The molecule has 2 aromatic rings. The largest absolute Gasteiger partial charge is 0.382 e. The summed E-state index contributed by atoms with van der Waals surface area (Å²) in [6.07, 6.45) is 1.54. The van der Waals surface area contributed by atoms with Gasteiger partial charge >= 0.3 is 0 Å². The van der Waals surface area contributed by atoms with Crippen LogP contribution in [0.1, 0.15) is 19.6 Å². The molecule has 0 aromatic carbocycles. The fourth-order valence-electron chi connectivity index (χ4n) is 2.98. The van der Waals surface area contributed by atoms with Gasteiger partial charge in [-0.25, -0.2) is 4.98 Å². The Morgan fingerprint density at radius 2 is 2.30 bits per heavy atom. The Kier molecular flexibility index (Phi) is 5.68. The van der Waals surface area contributed by atoms with E-state index >= 15 is 0 Å². The molecule has 27 heavy (non-hydrogen) atoms. The standard InChI is InChI=1S/C17H24N6O4/c1-5-10(2)15(24)20-17-19-14-13(16(25)21-17)18-9-23(14)12-7-22(3)6-11(27-12)8-26-4/h9,11-12H,2,5-8H2,1,3-4H3,(H2,19,20,21,24,25)/t11-,12+/m0/s1. The lowest BCUT2D eigenvalue weighted by atomic mass is 10.2. The van der Waals surface area contributed by atoms with Crippen molar-refractivity contribution >= 4 is 23.0 Å². The number of amides is 1. The number of imidazole rings is 1. The number of aromatic nitrogens is 4. The van der Waals surface area contributed by atoms with Crippen LogP contribution in [0.2, 0.25) is 0 Å². The van der Waals surface area contributed by atoms with E-state index in [-0.39, 0.29) is 29.7 Å². The maximum Gasteiger partial charge on any atom is 0.280 e. The maximum absolute atomic E-state index is 12.3. The molecule has 2 N–H and O–H groups in total. The van der Waals surface area contributed by atoms with Crippen molar-refractivity contribution in [3.05, 3.63) is 28.8 Å². The van der Waals surface area contributed by atoms with Crippen molar-refractivity contribution in [3.63, 3.8) is 0 Å². The van der Waals surface area contributed by atoms with Gasteiger partial charge in [0.1, 0.15) is 6.23 Å². The first-order chi connectivity index (χ1) is 12.9. The molecule has 1 aliphatic rings. The molecule has 1 saturated heterocycles. The van der Waals surface area contributed by atoms with Crippen molar-refractivity contribution < 1.29 is 14.3 Å². The number of nitrogens with zero attached hydrogens (tertiary/aromatic N) is 4. The molecular formula is C17H24N6O4. The van der Waals surface area contributed by atoms with E-state index in [0.717, 1.165) is 6.54 Å². The molecule has 2 atom stereocenters. The highest BCUT2D eigenvalue weighted by Crippen LogP contribution is 2.22. The number of rotatable bonds is 6. The van der Waals surface area contributed by atoms with Gasteiger partial charge in [0.05, 0.1) is 19.0 Å². The van der Waals surface area contributed by atoms with Gasteiger partial charge in [0.2, 0.25) is 5.95 Å². The fraction of sp³-hybridized carbons (Fsp3) is 0.529. The lowest BCUT2D eigenvalue weighted by Gasteiger charge is -2.36. The lowest BCUT2D eigenvalue weighted by Crippen LogP contribution is -2.45. The summed E-state index contributed by atoms with van der Waals surface area (Å²) in [6.45, 7) is 7.31. The minimum atomic E-state index is -0.436. The molecule has 1 amide bonds. The lowest BCUT2D eigenvalue weighted by molar-refractivity contribution is -0.132. The zero-order valence-corrected chi connectivity index (χ0v) is 15.7. The van der Waals surface area contributed by atoms with Crippen molar-refractivity contribution in [1.29, 1.82) is 0 Å². The van der Waals surface area contributed by atoms with Gasteiger partial charge in [0, 0.05) is 25.8 Å². The van der Waals surface area contributed by atoms with Gasteiger partial charge in [-0.2, -0.15) is 4.98 Å². The normalized spacial score (nSPS) is 20.7. The second kappa shape index (κ2) is 7.99. The molecule has 1 fully saturated rings. The van der Waals surface area contributed by atoms with Crippen LogP contribution >= 0.6 is 0 Å². The zero-order valence-electron chi connectivity index (χ0n) is 15.7. The van der Waals surface area contributed by atoms with E-state index in [1.54, 1.807) is 11.7 Å². The van der Waals surface area contributed by atoms with Crippen LogP contribution in [-0.4, -0.2) is 70.3 Å². The average Bonchev–Trinajstić information content (AvgIpc) is 3.05. The van der Waals surface area contributed by atoms with Gasteiger partial charge in [-0.15, -0.1) is 0 Å². The van der Waals surface area contributed by atoms with Crippen LogP contribution in [0, 0.1) is 0 Å². The number of carbonyl (C=O) groups is 1. The van der Waals surface area contributed by atoms with Gasteiger partial charge in [-0.3, -0.25) is 29.4 Å². The smallest absolute Gasteiger partial charge is 0.280 e. The van der Waals surface area contributed by atoms with Crippen LogP contribution in [-0.2, 0) is 14.3 Å². The first-order valence-electron chi connectivity index (χ1n) is 8.71. The number of aromatic amines is 1. The highest BCUT2D eigenvalue weighted by molar-refractivity contribution is 6.02. The number of hydrogen-bond acceptors (Lipinski definition) is 7. The molecule has 0 spiro atoms. The van der Waals surface area contributed by atoms with Crippen LogP contribution in [0.5, 0.6) is 0 Å². The van der Waals surface area contributed by atoms with Crippen LogP contribution in [0.25, 0.3) is 11.2 Å². The minimum Gasteiger partial charge on any atom is -0.382 e. The van der Waals surface area contributed by atoms with Crippen LogP contribution in [0.3, 0.4) is 0 Å². The van der Waals surface area contributed by atoms with E-state index in [1.807, 2.05) is 14.0 Å². The number of methoxy groups -OCH3 is 1. The van der Waals surface area contributed by atoms with Crippen molar-refractivity contribution in [3.8, 4) is 0 Å². The molecule has 0 radical (unpaired) electrons. The second-order valence-electron chi connectivity index (χ2n) is 6.54. The molecule has 10 nitrogen and oxygen atoms in total. The number of carbonyl (C=O) groups excluding carboxylic acids is 1. The number of likely N-dealkylation sites (N-methyl/N-ethyl adjacent to an activating group) is 1. The third kappa shape index (κ3) is 4.07. The molecule has 0 saturated carbocycles. The van der Waals surface area contributed by atoms with Crippen LogP contribution < -0.4 is 10.9 Å². The summed E-state index contributed by atoms with van der Waals surface area (Å²) in [7, 11) is 3.61. The zero-order chi connectivity index (χ0) is 19.6. The Bertz CT molecular complexity index is 904. The molecular weight excluding hydrogens is 352 g/mol. The molecule has 3 rings (SSSR count). The Hall–Kier alpha value is -2.56. The Balaban J connectivity index is 1.93. The van der Waals surface area contributed by atoms with E-state index in [4.69, 9.17) is 9.47 Å².